The van der Waals surface area contributed by atoms with Gasteiger partial charge in [-0.25, -0.2) is 0 Å². The minimum absolute atomic E-state index is 0. The molecule has 0 aromatic carbocycles. The van der Waals surface area contributed by atoms with E-state index in [1.807, 2.05) is 0 Å². The van der Waals surface area contributed by atoms with Gasteiger partial charge in [-0.15, -0.1) is 0 Å². The number of hydrogen-bond donors (Lipinski definition) is 0. The fraction of sp³-hybridized carbons (Fsp3) is 1.00. The zero-order chi connectivity index (χ0) is 5.41. The van der Waals surface area contributed by atoms with Crippen molar-refractivity contribution in [2.24, 2.45) is 0 Å². The van der Waals surface area contributed by atoms with Crippen LogP contribution in [0.2, 0.25) is 0 Å². The molecule has 0 atom stereocenters. The van der Waals surface area contributed by atoms with Gasteiger partial charge < -0.3 is 0 Å². The van der Waals surface area contributed by atoms with Gasteiger partial charge >= 0.3 is 0 Å². The van der Waals surface area contributed by atoms with Crippen LogP contribution >= 0.6 is 0 Å². The molecule has 0 radical (unpaired) electrons. The smallest absolute Gasteiger partial charge is 0 e. The van der Waals surface area contributed by atoms with Crippen molar-refractivity contribution in [3.8, 4) is 0 Å². The summed E-state index contributed by atoms with van der Waals surface area (Å²) in [7, 11) is 0. The largest absolute Gasteiger partial charge is 0.0656 e. The van der Waals surface area contributed by atoms with Crippen LogP contribution in [0.4, 0.5) is 0 Å². The van der Waals surface area contributed by atoms with Gasteiger partial charge in [0.15, 0.2) is 0 Å². The van der Waals surface area contributed by atoms with E-state index < -0.39 is 0 Å². The van der Waals surface area contributed by atoms with Crippen LogP contribution in [0.3, 0.4) is 0 Å². The first-order valence-corrected chi connectivity index (χ1v) is 2.83. The Kier molecular flexibility index (Phi) is 31.2. The molecule has 0 heteroatoms. The maximum Gasteiger partial charge on any atom is 0 e. The zero-order valence-corrected chi connectivity index (χ0v) is 5.41. The lowest BCUT2D eigenvalue weighted by molar-refractivity contribution is 1.09. The van der Waals surface area contributed by atoms with E-state index in [9.17, 15) is 0 Å². The molecular formula is C6H20. The third-order valence-electron chi connectivity index (χ3n) is 0. The van der Waals surface area contributed by atoms with Crippen LogP contribution in [0.1, 0.15) is 43.4 Å². The first-order valence-electron chi connectivity index (χ1n) is 2.83. The Morgan fingerprint density at radius 2 is 0.833 bits per heavy atom. The van der Waals surface area contributed by atoms with Gasteiger partial charge in [-0.05, 0) is 0 Å². The maximum absolute atomic E-state index is 2.12. The molecule has 0 saturated carbocycles. The van der Waals surface area contributed by atoms with Gasteiger partial charge in [0.2, 0.25) is 0 Å². The monoisotopic (exact) mass is 96.2 g/mol. The van der Waals surface area contributed by atoms with Crippen LogP contribution in [0.15, 0.2) is 0 Å². The summed E-state index contributed by atoms with van der Waals surface area (Å²) in [6.45, 7) is 8.50. The van der Waals surface area contributed by atoms with Gasteiger partial charge in [-0.1, -0.05) is 40.5 Å². The third-order valence-corrected chi connectivity index (χ3v) is 0. The highest BCUT2D eigenvalue weighted by molar-refractivity contribution is 3.92. The molecule has 0 bridgehead atoms. The SMILES string of the molecule is CCC.CCC.[3HH].[3HH]. The maximum atomic E-state index is 2.12. The van der Waals surface area contributed by atoms with Crippen LogP contribution in [0.25, 0.3) is 0 Å². The fourth-order valence-corrected chi connectivity index (χ4v) is 0. The quantitative estimate of drug-likeness (QED) is 0.434. The van der Waals surface area contributed by atoms with Gasteiger partial charge in [-0.3, -0.25) is 0 Å². The van der Waals surface area contributed by atoms with Crippen molar-refractivity contribution in [1.29, 1.82) is 0 Å². The minimum atomic E-state index is 0. The van der Waals surface area contributed by atoms with Crippen molar-refractivity contribution in [1.82, 2.24) is 0 Å². The van der Waals surface area contributed by atoms with Gasteiger partial charge in [-0.2, -0.15) is 0 Å². The second-order valence-corrected chi connectivity index (χ2v) is 1.41. The van der Waals surface area contributed by atoms with E-state index in [1.54, 1.807) is 0 Å². The molecule has 0 aromatic heterocycles. The summed E-state index contributed by atoms with van der Waals surface area (Å²) < 4.78 is 0. The van der Waals surface area contributed by atoms with E-state index in [1.165, 1.54) is 12.8 Å². The van der Waals surface area contributed by atoms with Gasteiger partial charge in [0, 0.05) is 2.85 Å². The Labute approximate surface area is 44.5 Å². The molecule has 0 aliphatic heterocycles. The Hall–Kier alpha value is 0. The van der Waals surface area contributed by atoms with E-state index >= 15 is 0 Å². The average molecular weight is 96.2 g/mol. The predicted molar refractivity (Wildman–Crippen MR) is 36.2 cm³/mol. The molecule has 0 aromatic rings. The zero-order valence-electron chi connectivity index (χ0n) is 5.41. The molecule has 0 spiro atoms. The Morgan fingerprint density at radius 3 is 0.833 bits per heavy atom. The normalized spacial score (nSPS) is 6.00. The van der Waals surface area contributed by atoms with Gasteiger partial charge in [0.05, 0.1) is 0 Å². The van der Waals surface area contributed by atoms with E-state index in [0.717, 1.165) is 0 Å². The van der Waals surface area contributed by atoms with E-state index in [4.69, 9.17) is 0 Å². The van der Waals surface area contributed by atoms with Crippen molar-refractivity contribution in [3.05, 3.63) is 0 Å². The van der Waals surface area contributed by atoms with Crippen LogP contribution in [-0.2, 0) is 0 Å². The van der Waals surface area contributed by atoms with Crippen LogP contribution in [0.5, 0.6) is 0 Å². The van der Waals surface area contributed by atoms with E-state index in [0.29, 0.717) is 0 Å². The lowest BCUT2D eigenvalue weighted by Gasteiger charge is -1.48. The Morgan fingerprint density at radius 1 is 0.833 bits per heavy atom. The van der Waals surface area contributed by atoms with Crippen LogP contribution < -0.4 is 0 Å². The Balaban J connectivity index is -0.0000000160. The third kappa shape index (κ3) is 0. The van der Waals surface area contributed by atoms with Crippen LogP contribution in [0, 0.1) is 0 Å². The minimum Gasteiger partial charge on any atom is -0.0656 e. The molecule has 6 heavy (non-hydrogen) atoms. The molecule has 0 aliphatic carbocycles. The molecule has 0 aliphatic rings. The first-order chi connectivity index (χ1) is 2.83. The molecule has 0 saturated heterocycles. The highest BCUT2D eigenvalue weighted by atomic mass is 13.4. The van der Waals surface area contributed by atoms with Crippen LogP contribution in [-0.4, -0.2) is 0 Å². The molecule has 0 N–H and O–H groups in total. The highest BCUT2D eigenvalue weighted by Crippen LogP contribution is 1.56. The molecule has 0 heterocycles. The molecular weight excluding hydrogens is 72.1 g/mol. The fourth-order valence-electron chi connectivity index (χ4n) is 0. The van der Waals surface area contributed by atoms with Crippen molar-refractivity contribution in [2.45, 2.75) is 40.5 Å². The second kappa shape index (κ2) is 20.0. The number of rotatable bonds is 0. The molecule has 0 nitrogen and oxygen atoms in total. The average Bonchev–Trinajstić information content (AvgIpc) is 1.39. The summed E-state index contributed by atoms with van der Waals surface area (Å²) in [6.07, 6.45) is 2.50. The molecule has 0 unspecified atom stereocenters. The lowest BCUT2D eigenvalue weighted by atomic mass is 10.6. The standard InChI is InChI=1S/2C3H8.2H2/c2*1-3-2;;/h2*3H2,1-2H3;2*1H/i;;2*1+2. The lowest BCUT2D eigenvalue weighted by Crippen LogP contribution is -1.27. The van der Waals surface area contributed by atoms with E-state index in [2.05, 4.69) is 27.7 Å². The Bertz CT molecular complexity index is 8.49. The van der Waals surface area contributed by atoms with Gasteiger partial charge in [0.25, 0.3) is 0 Å². The summed E-state index contributed by atoms with van der Waals surface area (Å²) in [5.74, 6) is 0. The molecule has 0 fully saturated rings. The van der Waals surface area contributed by atoms with Gasteiger partial charge in [0.1, 0.15) is 0 Å². The predicted octanol–water partition coefficient (Wildman–Crippen LogP) is 3.32. The molecule has 0 amide bonds. The second-order valence-electron chi connectivity index (χ2n) is 1.41. The van der Waals surface area contributed by atoms with Crippen molar-refractivity contribution in [3.63, 3.8) is 0 Å². The van der Waals surface area contributed by atoms with Crippen molar-refractivity contribution in [2.75, 3.05) is 0 Å². The van der Waals surface area contributed by atoms with E-state index in [-0.39, 0.29) is 2.85 Å². The van der Waals surface area contributed by atoms with Crippen molar-refractivity contribution < 1.29 is 2.85 Å². The highest BCUT2D eigenvalue weighted by Gasteiger charge is 1.36. The summed E-state index contributed by atoms with van der Waals surface area (Å²) in [4.78, 5) is 0. The van der Waals surface area contributed by atoms with Crippen molar-refractivity contribution >= 4 is 0 Å². The first kappa shape index (κ1) is 9.38. The summed E-state index contributed by atoms with van der Waals surface area (Å²) in [6, 6.07) is 0. The molecule has 44 valence electrons. The summed E-state index contributed by atoms with van der Waals surface area (Å²) in [5, 5.41) is 0. The topological polar surface area (TPSA) is 0 Å². The summed E-state index contributed by atoms with van der Waals surface area (Å²) in [5.41, 5.74) is 0. The number of hydrogen-bond acceptors (Lipinski definition) is 0. The molecule has 0 rings (SSSR count). The summed E-state index contributed by atoms with van der Waals surface area (Å²) >= 11 is 0.